The van der Waals surface area contributed by atoms with Gasteiger partial charge in [0.2, 0.25) is 0 Å². The molecular weight excluding hydrogens is 290 g/mol. The van der Waals surface area contributed by atoms with Crippen LogP contribution in [-0.4, -0.2) is 25.0 Å². The van der Waals surface area contributed by atoms with Crippen LogP contribution in [0, 0.1) is 5.41 Å². The molecule has 6 nitrogen and oxygen atoms in total. The van der Waals surface area contributed by atoms with E-state index >= 15 is 0 Å². The third-order valence-corrected chi connectivity index (χ3v) is 7.79. The van der Waals surface area contributed by atoms with Gasteiger partial charge in [-0.05, 0) is 18.3 Å². The Balaban J connectivity index is 5.48. The van der Waals surface area contributed by atoms with E-state index in [0.717, 1.165) is 12.8 Å². The maximum Gasteiger partial charge on any atom is 0.341 e. The quantitative estimate of drug-likeness (QED) is 0.486. The third kappa shape index (κ3) is 6.07. The summed E-state index contributed by atoms with van der Waals surface area (Å²) in [5.41, 5.74) is -1.04. The minimum Gasteiger partial charge on any atom is -0.324 e. The van der Waals surface area contributed by atoms with Crippen molar-refractivity contribution in [1.82, 2.24) is 0 Å². The van der Waals surface area contributed by atoms with E-state index < -0.39 is 26.0 Å². The highest BCUT2D eigenvalue weighted by atomic mass is 31.2. The van der Waals surface area contributed by atoms with Crippen LogP contribution in [0.4, 0.5) is 0 Å². The lowest BCUT2D eigenvalue weighted by atomic mass is 9.82. The first-order valence-corrected chi connectivity index (χ1v) is 9.95. The number of rotatable bonds is 9. The van der Waals surface area contributed by atoms with Crippen LogP contribution in [0.15, 0.2) is 0 Å². The van der Waals surface area contributed by atoms with Crippen LogP contribution in [0.25, 0.3) is 0 Å². The van der Waals surface area contributed by atoms with E-state index in [1.165, 1.54) is 0 Å². The average Bonchev–Trinajstić information content (AvgIpc) is 2.19. The SMILES string of the molecule is CCCCC(C)(CCCC)C(P(=O)(O)O)P(=O)(O)O. The van der Waals surface area contributed by atoms with Gasteiger partial charge in [0.15, 0.2) is 5.40 Å². The summed E-state index contributed by atoms with van der Waals surface area (Å²) in [5.74, 6) is 0. The Morgan fingerprint density at radius 2 is 1.21 bits per heavy atom. The summed E-state index contributed by atoms with van der Waals surface area (Å²) < 4.78 is 23.1. The zero-order chi connectivity index (χ0) is 15.3. The van der Waals surface area contributed by atoms with Gasteiger partial charge in [-0.25, -0.2) is 0 Å². The first kappa shape index (κ1) is 19.3. The van der Waals surface area contributed by atoms with Gasteiger partial charge in [-0.15, -0.1) is 0 Å². The molecule has 0 aliphatic heterocycles. The van der Waals surface area contributed by atoms with Gasteiger partial charge >= 0.3 is 15.2 Å². The predicted octanol–water partition coefficient (Wildman–Crippen LogP) is 3.05. The first-order valence-electron chi connectivity index (χ1n) is 6.59. The molecule has 0 aromatic rings. The summed E-state index contributed by atoms with van der Waals surface area (Å²) in [7, 11) is -9.72. The smallest absolute Gasteiger partial charge is 0.324 e. The summed E-state index contributed by atoms with van der Waals surface area (Å²) >= 11 is 0. The van der Waals surface area contributed by atoms with Crippen molar-refractivity contribution < 1.29 is 28.7 Å². The first-order chi connectivity index (χ1) is 8.49. The molecule has 0 aliphatic rings. The molecule has 0 radical (unpaired) electrons. The average molecular weight is 316 g/mol. The van der Waals surface area contributed by atoms with Gasteiger partial charge in [0.1, 0.15) is 0 Å². The summed E-state index contributed by atoms with van der Waals surface area (Å²) in [5, 5.41) is -1.90. The number of hydrogen-bond acceptors (Lipinski definition) is 2. The van der Waals surface area contributed by atoms with Crippen molar-refractivity contribution in [3.05, 3.63) is 0 Å². The summed E-state index contributed by atoms with van der Waals surface area (Å²) in [6.45, 7) is 5.45. The molecule has 0 aromatic carbocycles. The summed E-state index contributed by atoms with van der Waals surface area (Å²) in [6.07, 6.45) is 3.83. The molecule has 0 rings (SSSR count). The molecule has 0 saturated carbocycles. The molecule has 0 fully saturated rings. The third-order valence-electron chi connectivity index (χ3n) is 3.46. The number of unbranched alkanes of at least 4 members (excludes halogenated alkanes) is 2. The second-order valence-corrected chi connectivity index (χ2v) is 9.21. The van der Waals surface area contributed by atoms with Crippen molar-refractivity contribution in [2.75, 3.05) is 0 Å². The Hall–Kier alpha value is 0.300. The van der Waals surface area contributed by atoms with Crippen LogP contribution in [0.5, 0.6) is 0 Å². The molecule has 0 aliphatic carbocycles. The maximum atomic E-state index is 11.6. The topological polar surface area (TPSA) is 115 Å². The van der Waals surface area contributed by atoms with E-state index in [2.05, 4.69) is 0 Å². The maximum absolute atomic E-state index is 11.6. The lowest BCUT2D eigenvalue weighted by molar-refractivity contribution is 0.222. The fourth-order valence-corrected chi connectivity index (χ4v) is 6.26. The summed E-state index contributed by atoms with van der Waals surface area (Å²) in [4.78, 5) is 37.5. The molecule has 0 amide bonds. The van der Waals surface area contributed by atoms with Gasteiger partial charge in [-0.3, -0.25) is 9.13 Å². The van der Waals surface area contributed by atoms with E-state index in [0.29, 0.717) is 25.7 Å². The van der Waals surface area contributed by atoms with Crippen LogP contribution in [0.1, 0.15) is 59.3 Å². The van der Waals surface area contributed by atoms with Crippen LogP contribution < -0.4 is 0 Å². The molecule has 0 bridgehead atoms. The monoisotopic (exact) mass is 316 g/mol. The number of hydrogen-bond donors (Lipinski definition) is 4. The van der Waals surface area contributed by atoms with Gasteiger partial charge in [0.05, 0.1) is 0 Å². The molecule has 0 heterocycles. The molecule has 116 valence electrons. The van der Waals surface area contributed by atoms with Crippen molar-refractivity contribution in [3.63, 3.8) is 0 Å². The zero-order valence-electron chi connectivity index (χ0n) is 11.8. The molecule has 0 saturated heterocycles. The predicted molar refractivity (Wildman–Crippen MR) is 75.0 cm³/mol. The van der Waals surface area contributed by atoms with Crippen LogP contribution in [0.3, 0.4) is 0 Å². The van der Waals surface area contributed by atoms with Crippen LogP contribution in [0.2, 0.25) is 0 Å². The highest BCUT2D eigenvalue weighted by Gasteiger charge is 2.54. The van der Waals surface area contributed by atoms with Crippen molar-refractivity contribution in [1.29, 1.82) is 0 Å². The van der Waals surface area contributed by atoms with Gasteiger partial charge < -0.3 is 19.6 Å². The minimum atomic E-state index is -4.86. The molecule has 4 N–H and O–H groups in total. The molecule has 0 aromatic heterocycles. The van der Waals surface area contributed by atoms with E-state index in [9.17, 15) is 28.7 Å². The van der Waals surface area contributed by atoms with E-state index in [-0.39, 0.29) is 0 Å². The fraction of sp³-hybridized carbons (Fsp3) is 1.00. The van der Waals surface area contributed by atoms with Gasteiger partial charge in [0.25, 0.3) is 0 Å². The molecule has 0 atom stereocenters. The Morgan fingerprint density at radius 3 is 1.42 bits per heavy atom. The van der Waals surface area contributed by atoms with Crippen molar-refractivity contribution in [3.8, 4) is 0 Å². The Kier molecular flexibility index (Phi) is 7.46. The van der Waals surface area contributed by atoms with E-state index in [1.807, 2.05) is 13.8 Å². The van der Waals surface area contributed by atoms with Crippen molar-refractivity contribution >= 4 is 15.2 Å². The Labute approximate surface area is 114 Å². The van der Waals surface area contributed by atoms with E-state index in [4.69, 9.17) is 0 Å². The fourth-order valence-electron chi connectivity index (χ4n) is 2.55. The van der Waals surface area contributed by atoms with Gasteiger partial charge in [-0.1, -0.05) is 46.5 Å². The van der Waals surface area contributed by atoms with Crippen LogP contribution in [-0.2, 0) is 9.13 Å². The Bertz CT molecular complexity index is 328. The van der Waals surface area contributed by atoms with Gasteiger partial charge in [0, 0.05) is 0 Å². The van der Waals surface area contributed by atoms with Crippen molar-refractivity contribution in [2.45, 2.75) is 64.7 Å². The lowest BCUT2D eigenvalue weighted by Gasteiger charge is -2.38. The molecule has 8 heteroatoms. The highest BCUT2D eigenvalue weighted by Crippen LogP contribution is 2.68. The summed E-state index contributed by atoms with van der Waals surface area (Å²) in [6, 6.07) is 0. The lowest BCUT2D eigenvalue weighted by Crippen LogP contribution is -2.32. The second-order valence-electron chi connectivity index (χ2n) is 5.41. The minimum absolute atomic E-state index is 0.407. The molecule has 0 unspecified atom stereocenters. The molecule has 19 heavy (non-hydrogen) atoms. The molecule has 0 spiro atoms. The largest absolute Gasteiger partial charge is 0.341 e. The normalized spacial score (nSPS) is 14.1. The standard InChI is InChI=1S/C11H26O6P2/c1-4-6-8-11(3,9-7-5-2)10(18(12,13)14)19(15,16)17/h10H,4-9H2,1-3H3,(H2,12,13,14)(H2,15,16,17). The molecular formula is C11H26O6P2. The van der Waals surface area contributed by atoms with Crippen molar-refractivity contribution in [2.24, 2.45) is 5.41 Å². The zero-order valence-corrected chi connectivity index (χ0v) is 13.6. The van der Waals surface area contributed by atoms with Crippen LogP contribution >= 0.6 is 15.2 Å². The van der Waals surface area contributed by atoms with Gasteiger partial charge in [-0.2, -0.15) is 0 Å². The Morgan fingerprint density at radius 1 is 0.895 bits per heavy atom. The van der Waals surface area contributed by atoms with E-state index in [1.54, 1.807) is 6.92 Å². The second kappa shape index (κ2) is 7.35. The highest BCUT2D eigenvalue weighted by molar-refractivity contribution is 7.70.